The van der Waals surface area contributed by atoms with Crippen LogP contribution in [-0.2, 0) is 20.4 Å². The highest BCUT2D eigenvalue weighted by Crippen LogP contribution is 2.25. The van der Waals surface area contributed by atoms with Crippen molar-refractivity contribution in [2.24, 2.45) is 5.92 Å². The molecule has 2 aromatic rings. The molecule has 8 heteroatoms. The van der Waals surface area contributed by atoms with Gasteiger partial charge in [-0.1, -0.05) is 18.2 Å². The molecular weight excluding hydrogens is 350 g/mol. The first-order valence-electron chi connectivity index (χ1n) is 7.62. The van der Waals surface area contributed by atoms with E-state index in [1.165, 1.54) is 0 Å². The van der Waals surface area contributed by atoms with Gasteiger partial charge in [0.15, 0.2) is 0 Å². The summed E-state index contributed by atoms with van der Waals surface area (Å²) in [6, 6.07) is 7.80. The first-order valence-corrected chi connectivity index (χ1v) is 10.1. The summed E-state index contributed by atoms with van der Waals surface area (Å²) in [5, 5.41) is 0. The van der Waals surface area contributed by atoms with Crippen LogP contribution in [0, 0.1) is 12.8 Å². The van der Waals surface area contributed by atoms with Crippen molar-refractivity contribution in [2.45, 2.75) is 19.9 Å². The van der Waals surface area contributed by atoms with Gasteiger partial charge in [0.2, 0.25) is 15.0 Å². The van der Waals surface area contributed by atoms with Gasteiger partial charge in [-0.3, -0.25) is 4.79 Å². The topological polar surface area (TPSA) is 72.3 Å². The fraction of sp³-hybridized carbons (Fsp3) is 0.375. The molecule has 0 N–H and O–H groups in total. The van der Waals surface area contributed by atoms with Crippen LogP contribution in [0.1, 0.15) is 17.8 Å². The summed E-state index contributed by atoms with van der Waals surface area (Å²) in [6.07, 6.45) is 3.83. The average molecular weight is 368 g/mol. The number of likely N-dealkylation sites (tertiary alicyclic amines) is 1. The van der Waals surface area contributed by atoms with E-state index in [0.717, 1.165) is 17.1 Å². The third-order valence-corrected chi connectivity index (χ3v) is 5.41. The lowest BCUT2D eigenvalue weighted by Gasteiger charge is -2.19. The minimum absolute atomic E-state index is 0.0440. The number of nitrogens with zero attached hydrogens (tertiary/aromatic N) is 3. The molecule has 0 radical (unpaired) electrons. The number of aryl methyl sites for hydroxylation is 1. The molecule has 0 aliphatic carbocycles. The fourth-order valence-corrected chi connectivity index (χ4v) is 4.44. The molecule has 0 bridgehead atoms. The number of para-hydroxylation sites is 1. The molecule has 1 unspecified atom stereocenters. The van der Waals surface area contributed by atoms with Crippen LogP contribution in [0.3, 0.4) is 0 Å². The molecule has 1 saturated heterocycles. The minimum Gasteiger partial charge on any atom is -0.338 e. The summed E-state index contributed by atoms with van der Waals surface area (Å²) in [5.74, 6) is 0.403. The van der Waals surface area contributed by atoms with Crippen molar-refractivity contribution in [1.82, 2.24) is 14.5 Å². The maximum Gasteiger partial charge on any atom is 0.232 e. The smallest absolute Gasteiger partial charge is 0.232 e. The van der Waals surface area contributed by atoms with Gasteiger partial charge in [0, 0.05) is 48.5 Å². The molecule has 1 atom stereocenters. The van der Waals surface area contributed by atoms with Crippen molar-refractivity contribution in [1.29, 1.82) is 0 Å². The van der Waals surface area contributed by atoms with Crippen molar-refractivity contribution in [3.63, 3.8) is 0 Å². The summed E-state index contributed by atoms with van der Waals surface area (Å²) < 4.78 is 24.4. The quantitative estimate of drug-likeness (QED) is 0.758. The normalized spacial score (nSPS) is 18.3. The Morgan fingerprint density at radius 3 is 2.75 bits per heavy atom. The van der Waals surface area contributed by atoms with Gasteiger partial charge in [-0.2, -0.15) is 0 Å². The number of halogens is 1. The number of benzene rings is 1. The van der Waals surface area contributed by atoms with Crippen LogP contribution >= 0.6 is 10.7 Å². The summed E-state index contributed by atoms with van der Waals surface area (Å²) >= 11 is 0. The summed E-state index contributed by atoms with van der Waals surface area (Å²) in [6.45, 7) is 2.76. The van der Waals surface area contributed by atoms with Gasteiger partial charge in [-0.15, -0.1) is 0 Å². The monoisotopic (exact) mass is 367 g/mol. The van der Waals surface area contributed by atoms with Crippen LogP contribution in [0.5, 0.6) is 0 Å². The van der Waals surface area contributed by atoms with Crippen LogP contribution in [0.15, 0.2) is 36.7 Å². The van der Waals surface area contributed by atoms with E-state index < -0.39 is 9.05 Å². The maximum absolute atomic E-state index is 12.2. The molecule has 128 valence electrons. The van der Waals surface area contributed by atoms with E-state index in [2.05, 4.69) is 4.98 Å². The molecule has 3 rings (SSSR count). The first kappa shape index (κ1) is 17.0. The third-order valence-electron chi connectivity index (χ3n) is 4.17. The van der Waals surface area contributed by atoms with E-state index in [4.69, 9.17) is 10.7 Å². The fourth-order valence-electron chi connectivity index (χ4n) is 3.12. The van der Waals surface area contributed by atoms with Crippen molar-refractivity contribution < 1.29 is 13.2 Å². The Bertz CT molecular complexity index is 863. The van der Waals surface area contributed by atoms with Crippen molar-refractivity contribution in [3.05, 3.63) is 48.0 Å². The Morgan fingerprint density at radius 1 is 1.33 bits per heavy atom. The highest BCUT2D eigenvalue weighted by Gasteiger charge is 2.32. The summed E-state index contributed by atoms with van der Waals surface area (Å²) in [4.78, 5) is 18.1. The van der Waals surface area contributed by atoms with Gasteiger partial charge in [0.25, 0.3) is 0 Å². The predicted octanol–water partition coefficient (Wildman–Crippen LogP) is 2.10. The lowest BCUT2D eigenvalue weighted by Crippen LogP contribution is -2.26. The van der Waals surface area contributed by atoms with Gasteiger partial charge < -0.3 is 9.47 Å². The second-order valence-corrected chi connectivity index (χ2v) is 8.84. The summed E-state index contributed by atoms with van der Waals surface area (Å²) in [5.41, 5.74) is 1.95. The third kappa shape index (κ3) is 3.79. The number of imidazole rings is 1. The zero-order valence-electron chi connectivity index (χ0n) is 13.2. The number of hydrogen-bond acceptors (Lipinski definition) is 4. The van der Waals surface area contributed by atoms with Gasteiger partial charge in [0.05, 0.1) is 11.4 Å². The van der Waals surface area contributed by atoms with E-state index >= 15 is 0 Å². The van der Waals surface area contributed by atoms with Crippen LogP contribution in [0.25, 0.3) is 5.69 Å². The van der Waals surface area contributed by atoms with Crippen LogP contribution < -0.4 is 0 Å². The van der Waals surface area contributed by atoms with E-state index in [1.807, 2.05) is 42.0 Å². The second kappa shape index (κ2) is 6.57. The largest absolute Gasteiger partial charge is 0.338 e. The molecule has 1 aromatic carbocycles. The molecule has 0 spiro atoms. The van der Waals surface area contributed by atoms with Crippen molar-refractivity contribution in [2.75, 3.05) is 12.3 Å². The predicted molar refractivity (Wildman–Crippen MR) is 91.5 cm³/mol. The van der Waals surface area contributed by atoms with E-state index in [9.17, 15) is 13.2 Å². The molecule has 1 fully saturated rings. The number of rotatable bonds is 5. The zero-order valence-corrected chi connectivity index (χ0v) is 14.8. The van der Waals surface area contributed by atoms with Crippen LogP contribution in [-0.4, -0.2) is 41.1 Å². The van der Waals surface area contributed by atoms with E-state index in [0.29, 0.717) is 13.1 Å². The number of aromatic nitrogens is 2. The van der Waals surface area contributed by atoms with Gasteiger partial charge in [-0.05, 0) is 18.6 Å². The zero-order chi connectivity index (χ0) is 17.3. The lowest BCUT2D eigenvalue weighted by atomic mass is 10.1. The number of carbonyl (C=O) groups is 1. The van der Waals surface area contributed by atoms with Crippen molar-refractivity contribution in [3.8, 4) is 5.69 Å². The maximum atomic E-state index is 12.2. The lowest BCUT2D eigenvalue weighted by molar-refractivity contribution is -0.128. The molecule has 0 saturated carbocycles. The Kier molecular flexibility index (Phi) is 4.64. The average Bonchev–Trinajstić information content (AvgIpc) is 3.04. The SMILES string of the molecule is Cc1nccn1-c1ccccc1CN1CC(CS(=O)(=O)Cl)CC1=O. The number of amides is 1. The number of hydrogen-bond donors (Lipinski definition) is 0. The second-order valence-electron chi connectivity index (χ2n) is 6.02. The number of carbonyl (C=O) groups excluding carboxylic acids is 1. The molecule has 1 amide bonds. The van der Waals surface area contributed by atoms with Gasteiger partial charge in [-0.25, -0.2) is 13.4 Å². The minimum atomic E-state index is -3.60. The molecule has 1 aromatic heterocycles. The van der Waals surface area contributed by atoms with Gasteiger partial charge in [0.1, 0.15) is 5.82 Å². The van der Waals surface area contributed by atoms with Gasteiger partial charge >= 0.3 is 0 Å². The highest BCUT2D eigenvalue weighted by molar-refractivity contribution is 8.13. The Labute approximate surface area is 145 Å². The highest BCUT2D eigenvalue weighted by atomic mass is 35.7. The molecule has 24 heavy (non-hydrogen) atoms. The van der Waals surface area contributed by atoms with E-state index in [-0.39, 0.29) is 24.0 Å². The van der Waals surface area contributed by atoms with Crippen LogP contribution in [0.2, 0.25) is 0 Å². The Balaban J connectivity index is 1.80. The Morgan fingerprint density at radius 2 is 2.08 bits per heavy atom. The molecule has 1 aliphatic heterocycles. The Hall–Kier alpha value is -1.86. The first-order chi connectivity index (χ1) is 11.3. The van der Waals surface area contributed by atoms with Crippen molar-refractivity contribution >= 4 is 25.6 Å². The van der Waals surface area contributed by atoms with Crippen LogP contribution in [0.4, 0.5) is 0 Å². The standard InChI is InChI=1S/C16H18ClN3O3S/c1-12-18-6-7-20(12)15-5-3-2-4-14(15)10-19-9-13(8-16(19)21)11-24(17,22)23/h2-7,13H,8-11H2,1H3. The van der Waals surface area contributed by atoms with E-state index in [1.54, 1.807) is 11.1 Å². The summed E-state index contributed by atoms with van der Waals surface area (Å²) in [7, 11) is 1.72. The molecule has 2 heterocycles. The molecular formula is C16H18ClN3O3S. The molecule has 1 aliphatic rings. The molecule has 6 nitrogen and oxygen atoms in total.